The minimum absolute atomic E-state index is 0.566. The van der Waals surface area contributed by atoms with Gasteiger partial charge in [0.15, 0.2) is 7.14 Å². The van der Waals surface area contributed by atoms with E-state index in [1.807, 2.05) is 91.0 Å². The Labute approximate surface area is 145 Å². The van der Waals surface area contributed by atoms with Gasteiger partial charge < -0.3 is 4.57 Å². The van der Waals surface area contributed by atoms with Crippen molar-refractivity contribution in [3.63, 3.8) is 0 Å². The zero-order valence-corrected chi connectivity index (χ0v) is 15.1. The Balaban J connectivity index is 2.28. The summed E-state index contributed by atoms with van der Waals surface area (Å²) < 4.78 is 27.0. The van der Waals surface area contributed by atoms with Crippen LogP contribution in [-0.4, -0.2) is 10.5 Å². The second-order valence-electron chi connectivity index (χ2n) is 5.59. The van der Waals surface area contributed by atoms with Gasteiger partial charge in [-0.1, -0.05) is 91.0 Å². The predicted octanol–water partition coefficient (Wildman–Crippen LogP) is 4.08. The lowest BCUT2D eigenvalue weighted by atomic mass is 10.2. The van der Waals surface area contributed by atoms with E-state index in [1.54, 1.807) is 6.26 Å². The molecule has 0 spiro atoms. The molecule has 0 N–H and O–H groups in total. The topological polar surface area (TPSA) is 34.1 Å². The van der Waals surface area contributed by atoms with Crippen LogP contribution in [0.4, 0.5) is 0 Å². The van der Waals surface area contributed by atoms with Gasteiger partial charge in [-0.2, -0.15) is 0 Å². The molecule has 122 valence electrons. The monoisotopic (exact) mass is 354 g/mol. The van der Waals surface area contributed by atoms with Crippen molar-refractivity contribution < 1.29 is 8.77 Å². The Bertz CT molecular complexity index is 820. The maximum Gasteiger partial charge on any atom is 0.162 e. The van der Waals surface area contributed by atoms with Crippen LogP contribution in [0.1, 0.15) is 10.6 Å². The van der Waals surface area contributed by atoms with E-state index in [9.17, 15) is 8.77 Å². The molecule has 2 atom stereocenters. The number of rotatable bonds is 5. The summed E-state index contributed by atoms with van der Waals surface area (Å²) in [5.74, 6) is 0. The fourth-order valence-electron chi connectivity index (χ4n) is 2.95. The van der Waals surface area contributed by atoms with E-state index in [4.69, 9.17) is 0 Å². The maximum absolute atomic E-state index is 14.4. The standard InChI is InChI=1S/C20H19O2PS/c1-24(22)20(17-11-5-2-6-12-17)23(21,18-13-7-3-8-14-18)19-15-9-4-10-16-19/h2-16,20H,1H3/t20-,24+/m0/s1. The first-order valence-corrected chi connectivity index (χ1v) is 11.1. The lowest BCUT2D eigenvalue weighted by molar-refractivity contribution is 0.585. The molecule has 3 rings (SSSR count). The molecule has 0 saturated heterocycles. The Morgan fingerprint density at radius 1 is 0.708 bits per heavy atom. The van der Waals surface area contributed by atoms with Crippen molar-refractivity contribution in [2.75, 3.05) is 6.26 Å². The van der Waals surface area contributed by atoms with Gasteiger partial charge in [-0.15, -0.1) is 0 Å². The van der Waals surface area contributed by atoms with Crippen molar-refractivity contribution in [1.29, 1.82) is 0 Å². The summed E-state index contributed by atoms with van der Waals surface area (Å²) in [6.45, 7) is 0. The summed E-state index contributed by atoms with van der Waals surface area (Å²) in [4.78, 5) is -0.566. The Kier molecular flexibility index (Phi) is 5.13. The minimum atomic E-state index is -3.11. The van der Waals surface area contributed by atoms with E-state index in [1.165, 1.54) is 0 Å². The highest BCUT2D eigenvalue weighted by Crippen LogP contribution is 2.58. The molecule has 24 heavy (non-hydrogen) atoms. The van der Waals surface area contributed by atoms with Crippen LogP contribution in [0.5, 0.6) is 0 Å². The zero-order valence-electron chi connectivity index (χ0n) is 13.4. The van der Waals surface area contributed by atoms with E-state index in [-0.39, 0.29) is 0 Å². The molecular formula is C20H19O2PS. The van der Waals surface area contributed by atoms with Crippen molar-refractivity contribution in [2.24, 2.45) is 0 Å². The molecule has 0 radical (unpaired) electrons. The van der Waals surface area contributed by atoms with Crippen molar-refractivity contribution in [3.8, 4) is 0 Å². The van der Waals surface area contributed by atoms with Gasteiger partial charge in [0.25, 0.3) is 0 Å². The molecule has 0 fully saturated rings. The van der Waals surface area contributed by atoms with Crippen LogP contribution in [0, 0.1) is 0 Å². The van der Waals surface area contributed by atoms with Gasteiger partial charge in [0.05, 0.1) is 0 Å². The molecule has 2 nitrogen and oxygen atoms in total. The van der Waals surface area contributed by atoms with Crippen LogP contribution in [0.2, 0.25) is 0 Å². The molecule has 4 heteroatoms. The molecule has 0 bridgehead atoms. The van der Waals surface area contributed by atoms with Crippen LogP contribution >= 0.6 is 7.14 Å². The second-order valence-corrected chi connectivity index (χ2v) is 10.3. The molecule has 0 saturated carbocycles. The third-order valence-electron chi connectivity index (χ3n) is 4.01. The van der Waals surface area contributed by atoms with Gasteiger partial charge >= 0.3 is 0 Å². The SMILES string of the molecule is C[S@@](=O)[C@@H](c1ccccc1)P(=O)(c1ccccc1)c1ccccc1. The van der Waals surface area contributed by atoms with E-state index in [2.05, 4.69) is 0 Å². The second kappa shape index (κ2) is 7.29. The molecule has 0 amide bonds. The molecule has 3 aromatic rings. The van der Waals surface area contributed by atoms with Crippen LogP contribution in [0.25, 0.3) is 0 Å². The van der Waals surface area contributed by atoms with Crippen molar-refractivity contribution in [3.05, 3.63) is 96.6 Å². The number of benzene rings is 3. The fraction of sp³-hybridized carbons (Fsp3) is 0.100. The molecule has 0 heterocycles. The van der Waals surface area contributed by atoms with Crippen molar-refractivity contribution in [2.45, 2.75) is 4.99 Å². The molecule has 0 aromatic heterocycles. The van der Waals surface area contributed by atoms with E-state index in [0.717, 1.165) is 16.2 Å². The van der Waals surface area contributed by atoms with Crippen LogP contribution < -0.4 is 10.6 Å². The Morgan fingerprint density at radius 3 is 1.46 bits per heavy atom. The summed E-state index contributed by atoms with van der Waals surface area (Å²) in [6, 6.07) is 28.3. The number of hydrogen-bond acceptors (Lipinski definition) is 2. The van der Waals surface area contributed by atoms with E-state index in [0.29, 0.717) is 0 Å². The van der Waals surface area contributed by atoms with Gasteiger partial charge in [0, 0.05) is 27.7 Å². The van der Waals surface area contributed by atoms with Gasteiger partial charge in [-0.05, 0) is 5.56 Å². The van der Waals surface area contributed by atoms with Gasteiger partial charge in [0.2, 0.25) is 0 Å². The number of hydrogen-bond donors (Lipinski definition) is 0. The Morgan fingerprint density at radius 2 is 1.08 bits per heavy atom. The average Bonchev–Trinajstić information content (AvgIpc) is 2.64. The fourth-order valence-corrected chi connectivity index (χ4v) is 8.55. The first-order chi connectivity index (χ1) is 11.6. The molecule has 0 unspecified atom stereocenters. The summed E-state index contributed by atoms with van der Waals surface area (Å²) >= 11 is 0. The van der Waals surface area contributed by atoms with Crippen LogP contribution in [0.15, 0.2) is 91.0 Å². The zero-order chi connectivity index (χ0) is 17.0. The normalized spacial score (nSPS) is 14.0. The van der Waals surface area contributed by atoms with Crippen molar-refractivity contribution in [1.82, 2.24) is 0 Å². The lowest BCUT2D eigenvalue weighted by Crippen LogP contribution is -2.23. The molecule has 0 aliphatic rings. The smallest absolute Gasteiger partial charge is 0.162 e. The van der Waals surface area contributed by atoms with Gasteiger partial charge in [0.1, 0.15) is 4.99 Å². The molecule has 0 aliphatic carbocycles. The maximum atomic E-state index is 14.4. The van der Waals surface area contributed by atoms with Gasteiger partial charge in [-0.25, -0.2) is 0 Å². The highest BCUT2D eigenvalue weighted by Gasteiger charge is 2.40. The summed E-state index contributed by atoms with van der Waals surface area (Å²) in [5.41, 5.74) is 0.842. The summed E-state index contributed by atoms with van der Waals surface area (Å²) in [5, 5.41) is 1.47. The first kappa shape index (κ1) is 16.9. The third kappa shape index (κ3) is 3.15. The molecule has 3 aromatic carbocycles. The summed E-state index contributed by atoms with van der Waals surface area (Å²) in [7, 11) is -4.40. The highest BCUT2D eigenvalue weighted by atomic mass is 32.2. The first-order valence-electron chi connectivity index (χ1n) is 7.72. The lowest BCUT2D eigenvalue weighted by Gasteiger charge is -2.27. The molecular weight excluding hydrogens is 335 g/mol. The Hall–Kier alpha value is -1.96. The summed E-state index contributed by atoms with van der Waals surface area (Å²) in [6.07, 6.45) is 1.64. The average molecular weight is 354 g/mol. The van der Waals surface area contributed by atoms with E-state index >= 15 is 0 Å². The predicted molar refractivity (Wildman–Crippen MR) is 103 cm³/mol. The highest BCUT2D eigenvalue weighted by molar-refractivity contribution is 7.98. The van der Waals surface area contributed by atoms with Crippen LogP contribution in [-0.2, 0) is 15.4 Å². The quantitative estimate of drug-likeness (QED) is 0.647. The largest absolute Gasteiger partial charge is 0.312 e. The molecule has 0 aliphatic heterocycles. The van der Waals surface area contributed by atoms with Crippen molar-refractivity contribution >= 4 is 28.6 Å². The van der Waals surface area contributed by atoms with Gasteiger partial charge in [-0.3, -0.25) is 4.21 Å². The van der Waals surface area contributed by atoms with Crippen LogP contribution in [0.3, 0.4) is 0 Å². The third-order valence-corrected chi connectivity index (χ3v) is 9.78. The van der Waals surface area contributed by atoms with E-state index < -0.39 is 22.9 Å². The minimum Gasteiger partial charge on any atom is -0.312 e.